The lowest BCUT2D eigenvalue weighted by Gasteiger charge is -2.15. The highest BCUT2D eigenvalue weighted by molar-refractivity contribution is 6.29. The number of nitrogens with zero attached hydrogens (tertiary/aromatic N) is 4. The summed E-state index contributed by atoms with van der Waals surface area (Å²) in [6.45, 7) is 0. The zero-order chi connectivity index (χ0) is 13.2. The average molecular weight is 274 g/mol. The van der Waals surface area contributed by atoms with Crippen LogP contribution in [0, 0.1) is 0 Å². The number of anilines is 1. The van der Waals surface area contributed by atoms with Crippen LogP contribution in [-0.4, -0.2) is 16.9 Å². The van der Waals surface area contributed by atoms with Crippen LogP contribution >= 0.6 is 11.6 Å². The molecular weight excluding hydrogens is 264 g/mol. The van der Waals surface area contributed by atoms with Crippen molar-refractivity contribution in [3.05, 3.63) is 27.9 Å². The molecule has 0 bridgehead atoms. The number of rotatable bonds is 3. The number of halogens is 3. The molecule has 0 radical (unpaired) electrons. The summed E-state index contributed by atoms with van der Waals surface area (Å²) >= 11 is 5.72. The Bertz CT molecular complexity index is 501. The highest BCUT2D eigenvalue weighted by Crippen LogP contribution is 2.37. The number of pyridine rings is 1. The Balaban J connectivity index is 2.18. The van der Waals surface area contributed by atoms with E-state index in [4.69, 9.17) is 17.1 Å². The van der Waals surface area contributed by atoms with Gasteiger partial charge in [0.1, 0.15) is 5.15 Å². The highest BCUT2D eigenvalue weighted by Gasteiger charge is 2.39. The van der Waals surface area contributed by atoms with E-state index in [-0.39, 0.29) is 29.7 Å². The number of aromatic nitrogens is 1. The van der Waals surface area contributed by atoms with Gasteiger partial charge in [0.15, 0.2) is 0 Å². The van der Waals surface area contributed by atoms with Crippen LogP contribution < -0.4 is 5.32 Å². The molecule has 0 saturated heterocycles. The predicted octanol–water partition coefficient (Wildman–Crippen LogP) is 4.28. The second kappa shape index (κ2) is 4.96. The van der Waals surface area contributed by atoms with E-state index < -0.39 is 5.92 Å². The number of azide groups is 1. The van der Waals surface area contributed by atoms with Gasteiger partial charge in [-0.25, -0.2) is 13.8 Å². The van der Waals surface area contributed by atoms with Gasteiger partial charge in [-0.3, -0.25) is 0 Å². The maximum atomic E-state index is 13.1. The van der Waals surface area contributed by atoms with E-state index in [1.54, 1.807) is 0 Å². The van der Waals surface area contributed by atoms with E-state index >= 15 is 0 Å². The molecule has 2 rings (SSSR count). The molecule has 0 spiro atoms. The number of alkyl halides is 2. The fraction of sp³-hybridized carbons (Fsp3) is 0.500. The lowest BCUT2D eigenvalue weighted by atomic mass is 10.2. The van der Waals surface area contributed by atoms with Gasteiger partial charge in [0, 0.05) is 35.7 Å². The van der Waals surface area contributed by atoms with Crippen molar-refractivity contribution in [1.82, 2.24) is 4.98 Å². The van der Waals surface area contributed by atoms with Crippen molar-refractivity contribution in [2.45, 2.75) is 31.2 Å². The van der Waals surface area contributed by atoms with Crippen LogP contribution in [-0.2, 0) is 0 Å². The summed E-state index contributed by atoms with van der Waals surface area (Å²) in [5.74, 6) is -2.63. The van der Waals surface area contributed by atoms with Crippen LogP contribution in [0.15, 0.2) is 17.4 Å². The second-order valence-corrected chi connectivity index (χ2v) is 4.54. The van der Waals surface area contributed by atoms with E-state index in [0.717, 1.165) is 0 Å². The van der Waals surface area contributed by atoms with Gasteiger partial charge in [0.2, 0.25) is 5.92 Å². The first-order valence-electron chi connectivity index (χ1n) is 5.35. The minimum absolute atomic E-state index is 0.139. The summed E-state index contributed by atoms with van der Waals surface area (Å²) in [5, 5.41) is 6.56. The Morgan fingerprint density at radius 1 is 1.61 bits per heavy atom. The summed E-state index contributed by atoms with van der Waals surface area (Å²) in [4.78, 5) is 6.43. The Kier molecular flexibility index (Phi) is 3.54. The van der Waals surface area contributed by atoms with Crippen LogP contribution in [0.25, 0.3) is 10.4 Å². The molecule has 1 saturated carbocycles. The normalized spacial score (nSPS) is 21.4. The first-order chi connectivity index (χ1) is 8.50. The molecule has 0 aliphatic heterocycles. The van der Waals surface area contributed by atoms with Gasteiger partial charge < -0.3 is 5.32 Å². The van der Waals surface area contributed by atoms with Crippen molar-refractivity contribution in [1.29, 1.82) is 0 Å². The average Bonchev–Trinajstić information content (AvgIpc) is 2.62. The molecule has 8 heteroatoms. The van der Waals surface area contributed by atoms with Crippen molar-refractivity contribution < 1.29 is 8.78 Å². The Morgan fingerprint density at radius 3 is 3.00 bits per heavy atom. The van der Waals surface area contributed by atoms with Crippen molar-refractivity contribution in [3.63, 3.8) is 0 Å². The number of hydrogen-bond donors (Lipinski definition) is 1. The molecular formula is C10H10ClF2N5. The van der Waals surface area contributed by atoms with E-state index in [0.29, 0.717) is 12.1 Å². The van der Waals surface area contributed by atoms with Gasteiger partial charge in [0.05, 0.1) is 5.69 Å². The minimum atomic E-state index is -2.63. The monoisotopic (exact) mass is 273 g/mol. The second-order valence-electron chi connectivity index (χ2n) is 4.15. The van der Waals surface area contributed by atoms with E-state index in [9.17, 15) is 8.78 Å². The largest absolute Gasteiger partial charge is 0.382 e. The lowest BCUT2D eigenvalue weighted by molar-refractivity contribution is 0.00853. The maximum absolute atomic E-state index is 13.1. The number of hydrogen-bond acceptors (Lipinski definition) is 3. The molecule has 1 unspecified atom stereocenters. The lowest BCUT2D eigenvalue weighted by Crippen LogP contribution is -2.19. The van der Waals surface area contributed by atoms with Gasteiger partial charge in [-0.1, -0.05) is 16.7 Å². The quantitative estimate of drug-likeness (QED) is 0.386. The third kappa shape index (κ3) is 3.00. The van der Waals surface area contributed by atoms with Gasteiger partial charge in [0.25, 0.3) is 0 Å². The highest BCUT2D eigenvalue weighted by atomic mass is 35.5. The maximum Gasteiger partial charge on any atom is 0.250 e. The van der Waals surface area contributed by atoms with Gasteiger partial charge in [-0.05, 0) is 18.0 Å². The third-order valence-electron chi connectivity index (χ3n) is 2.77. The Morgan fingerprint density at radius 2 is 2.39 bits per heavy atom. The molecule has 1 aliphatic carbocycles. The van der Waals surface area contributed by atoms with Crippen LogP contribution in [0.5, 0.6) is 0 Å². The van der Waals surface area contributed by atoms with E-state index in [1.165, 1.54) is 12.3 Å². The first kappa shape index (κ1) is 12.9. The standard InChI is InChI=1S/C10H10ClF2N5/c11-9-3-7(8(5-15-9)17-18-14)16-6-1-2-10(12,13)4-6/h3,5-6H,1-2,4H2,(H,15,16). The van der Waals surface area contributed by atoms with Crippen molar-refractivity contribution in [3.8, 4) is 0 Å². The minimum Gasteiger partial charge on any atom is -0.382 e. The van der Waals surface area contributed by atoms with Crippen molar-refractivity contribution >= 4 is 23.0 Å². The van der Waals surface area contributed by atoms with E-state index in [1.807, 2.05) is 0 Å². The number of nitrogens with one attached hydrogen (secondary N) is 1. The first-order valence-corrected chi connectivity index (χ1v) is 5.73. The van der Waals surface area contributed by atoms with Crippen molar-refractivity contribution in [2.75, 3.05) is 5.32 Å². The molecule has 0 aromatic carbocycles. The van der Waals surface area contributed by atoms with Crippen LogP contribution in [0.1, 0.15) is 19.3 Å². The van der Waals surface area contributed by atoms with Gasteiger partial charge in [-0.2, -0.15) is 0 Å². The topological polar surface area (TPSA) is 73.7 Å². The summed E-state index contributed by atoms with van der Waals surface area (Å²) in [7, 11) is 0. The molecule has 1 aromatic heterocycles. The van der Waals surface area contributed by atoms with Crippen LogP contribution in [0.2, 0.25) is 5.15 Å². The molecule has 0 amide bonds. The Labute approximate surface area is 107 Å². The van der Waals surface area contributed by atoms with Crippen molar-refractivity contribution in [2.24, 2.45) is 5.11 Å². The molecule has 1 atom stereocenters. The fourth-order valence-electron chi connectivity index (χ4n) is 1.96. The summed E-state index contributed by atoms with van der Waals surface area (Å²) in [6.07, 6.45) is 1.29. The zero-order valence-electron chi connectivity index (χ0n) is 9.28. The van der Waals surface area contributed by atoms with Crippen LogP contribution in [0.4, 0.5) is 20.2 Å². The Hall–Kier alpha value is -1.59. The molecule has 18 heavy (non-hydrogen) atoms. The van der Waals surface area contributed by atoms with Gasteiger partial charge in [-0.15, -0.1) is 0 Å². The fourth-order valence-corrected chi connectivity index (χ4v) is 2.12. The molecule has 1 aromatic rings. The molecule has 1 aliphatic rings. The third-order valence-corrected chi connectivity index (χ3v) is 2.97. The molecule has 1 fully saturated rings. The summed E-state index contributed by atoms with van der Waals surface area (Å²) in [6, 6.07) is 1.10. The summed E-state index contributed by atoms with van der Waals surface area (Å²) < 4.78 is 26.1. The molecule has 5 nitrogen and oxygen atoms in total. The molecule has 1 heterocycles. The summed E-state index contributed by atoms with van der Waals surface area (Å²) in [5.41, 5.74) is 9.08. The molecule has 96 valence electrons. The van der Waals surface area contributed by atoms with Crippen LogP contribution in [0.3, 0.4) is 0 Å². The van der Waals surface area contributed by atoms with E-state index in [2.05, 4.69) is 20.3 Å². The SMILES string of the molecule is [N-]=[N+]=Nc1cnc(Cl)cc1NC1CCC(F)(F)C1. The zero-order valence-corrected chi connectivity index (χ0v) is 10.0. The van der Waals surface area contributed by atoms with Gasteiger partial charge >= 0.3 is 0 Å². The smallest absolute Gasteiger partial charge is 0.250 e. The molecule has 1 N–H and O–H groups in total. The predicted molar refractivity (Wildman–Crippen MR) is 64.3 cm³/mol.